The molecule has 1 radical (unpaired) electrons. The van der Waals surface area contributed by atoms with Gasteiger partial charge in [-0.15, -0.1) is 0 Å². The number of carbonyl (C=O) groups is 5. The highest BCUT2D eigenvalue weighted by Gasteiger charge is 2.49. The molecule has 6 rings (SSSR count). The highest BCUT2D eigenvalue weighted by molar-refractivity contribution is 6.18. The monoisotopic (exact) mass is 867 g/mol. The Kier molecular flexibility index (Phi) is 17.7. The molecule has 3 fully saturated rings. The van der Waals surface area contributed by atoms with Crippen LogP contribution in [0.4, 0.5) is 0 Å². The lowest BCUT2D eigenvalue weighted by atomic mass is 9.75. The van der Waals surface area contributed by atoms with Crippen LogP contribution in [0.1, 0.15) is 138 Å². The van der Waals surface area contributed by atoms with Gasteiger partial charge in [0.1, 0.15) is 23.7 Å². The zero-order chi connectivity index (χ0) is 44.8. The Balaban J connectivity index is 1.26. The summed E-state index contributed by atoms with van der Waals surface area (Å²) >= 11 is 0. The zero-order valence-electron chi connectivity index (χ0n) is 37.8. The molecular weight excluding hydrogens is 795 g/mol. The van der Waals surface area contributed by atoms with Crippen LogP contribution in [0.5, 0.6) is 0 Å². The minimum absolute atomic E-state index is 0.0138. The highest BCUT2D eigenvalue weighted by Crippen LogP contribution is 2.41. The number of carbonyl (C=O) groups excluding carboxylic acids is 5. The van der Waals surface area contributed by atoms with Crippen LogP contribution < -0.4 is 21.7 Å². The van der Waals surface area contributed by atoms with Gasteiger partial charge in [-0.25, -0.2) is 4.99 Å². The number of hydrogen-bond donors (Lipinski definition) is 4. The van der Waals surface area contributed by atoms with Crippen molar-refractivity contribution in [3.63, 3.8) is 0 Å². The number of amides is 5. The quantitative estimate of drug-likeness (QED) is 0.124. The van der Waals surface area contributed by atoms with Gasteiger partial charge in [0.05, 0.1) is 12.6 Å². The molecule has 5 amide bonds. The van der Waals surface area contributed by atoms with Crippen molar-refractivity contribution < 1.29 is 28.7 Å². The number of rotatable bonds is 19. The minimum Gasteiger partial charge on any atom is -0.456 e. The number of amidine groups is 1. The second kappa shape index (κ2) is 23.4. The molecule has 2 heterocycles. The molecule has 13 nitrogen and oxygen atoms in total. The van der Waals surface area contributed by atoms with Crippen LogP contribution in [0, 0.1) is 18.8 Å². The zero-order valence-corrected chi connectivity index (χ0v) is 37.8. The largest absolute Gasteiger partial charge is 0.456 e. The fourth-order valence-corrected chi connectivity index (χ4v) is 10.3. The first kappa shape index (κ1) is 47.8. The summed E-state index contributed by atoms with van der Waals surface area (Å²) in [5.74, 6) is -1.84. The van der Waals surface area contributed by atoms with E-state index in [9.17, 15) is 19.2 Å². The van der Waals surface area contributed by atoms with Crippen molar-refractivity contribution in [3.8, 4) is 0 Å². The van der Waals surface area contributed by atoms with Crippen LogP contribution in [0.15, 0.2) is 59.6 Å². The number of benzene rings is 2. The van der Waals surface area contributed by atoms with E-state index in [1.807, 2.05) is 42.5 Å². The fraction of sp³-hybridized carbons (Fsp3) is 0.620. The average molecular weight is 867 g/mol. The van der Waals surface area contributed by atoms with E-state index < -0.39 is 47.5 Å². The molecule has 5 atom stereocenters. The number of imide groups is 1. The van der Waals surface area contributed by atoms with Crippen molar-refractivity contribution in [2.24, 2.45) is 22.6 Å². The molecule has 63 heavy (non-hydrogen) atoms. The summed E-state index contributed by atoms with van der Waals surface area (Å²) < 4.78 is 6.79. The lowest BCUT2D eigenvalue weighted by Gasteiger charge is -2.39. The number of hydrogen-bond acceptors (Lipinski definition) is 9. The van der Waals surface area contributed by atoms with E-state index in [4.69, 9.17) is 15.5 Å². The first-order valence-corrected chi connectivity index (χ1v) is 23.9. The summed E-state index contributed by atoms with van der Waals surface area (Å²) in [5.41, 5.74) is 7.22. The molecule has 5 N–H and O–H groups in total. The van der Waals surface area contributed by atoms with E-state index in [0.717, 1.165) is 68.3 Å². The Morgan fingerprint density at radius 1 is 0.873 bits per heavy atom. The van der Waals surface area contributed by atoms with E-state index in [2.05, 4.69) is 29.8 Å². The normalized spacial score (nSPS) is 22.1. The van der Waals surface area contributed by atoms with Gasteiger partial charge in [-0.1, -0.05) is 107 Å². The number of unbranched alkanes of at least 4 members (excludes halogenated alkanes) is 1. The highest BCUT2D eigenvalue weighted by atomic mass is 16.5. The molecule has 2 aromatic carbocycles. The SMILES string of the molecule is [CH2]Cc1ccccc1C(=O)N(C(=O)[C@@H](CC1CCCCC1)NC(=O)[C@@H]1CCCN1C(=O)[C@H](CCCCN)NC(=O)[C@H](Cc1ccccc1)NC)C1=NCC(CC)(C2CCCCC2)O1. The van der Waals surface area contributed by atoms with Crippen molar-refractivity contribution in [3.05, 3.63) is 78.2 Å². The average Bonchev–Trinajstić information content (AvgIpc) is 4.00. The molecule has 2 aliphatic carbocycles. The summed E-state index contributed by atoms with van der Waals surface area (Å²) in [4.78, 5) is 80.6. The maximum Gasteiger partial charge on any atom is 0.302 e. The standard InChI is InChI=1S/C50H72N7O6/c1-4-37-24-15-16-27-39(37)46(60)57(49-53-34-50(5-2,63-49)38-25-13-8-14-26-38)48(62)42(33-36-22-11-7-12-23-36)55-45(59)43-29-19-31-56(43)47(61)40(28-17-18-30-51)54-44(58)41(52-3)32-35-20-9-6-10-21-35/h6,9-10,15-16,20-21,24,27,36,38,40-43,52H,1,4-5,7-8,11-14,17-19,22-23,25-26,28-34,51H2,2-3H3,(H,54,58)(H,55,59)/t40-,41-,42+,43-,50?/m0/s1. The molecular formula is C50H72N7O6. The van der Waals surface area contributed by atoms with Crippen LogP contribution in [-0.2, 0) is 36.8 Å². The van der Waals surface area contributed by atoms with Gasteiger partial charge in [0.15, 0.2) is 0 Å². The van der Waals surface area contributed by atoms with Crippen molar-refractivity contribution in [2.75, 3.05) is 26.7 Å². The molecule has 2 saturated carbocycles. The molecule has 2 aliphatic heterocycles. The van der Waals surface area contributed by atoms with Gasteiger partial charge < -0.3 is 31.3 Å². The smallest absolute Gasteiger partial charge is 0.302 e. The number of ether oxygens (including phenoxy) is 1. The Bertz CT molecular complexity index is 1880. The van der Waals surface area contributed by atoms with Gasteiger partial charge in [0.2, 0.25) is 17.7 Å². The first-order chi connectivity index (χ1) is 30.6. The van der Waals surface area contributed by atoms with Gasteiger partial charge in [-0.3, -0.25) is 24.0 Å². The number of nitrogens with one attached hydrogen (secondary N) is 3. The molecule has 0 bridgehead atoms. The number of aliphatic imine (C=N–C) groups is 1. The van der Waals surface area contributed by atoms with Crippen molar-refractivity contribution >= 4 is 35.6 Å². The van der Waals surface area contributed by atoms with Crippen LogP contribution in [0.25, 0.3) is 0 Å². The number of likely N-dealkylation sites (N-methyl/N-ethyl adjacent to an activating group) is 1. The van der Waals surface area contributed by atoms with Gasteiger partial charge in [-0.05, 0) is 114 Å². The Labute approximate surface area is 375 Å². The van der Waals surface area contributed by atoms with Gasteiger partial charge in [0.25, 0.3) is 11.8 Å². The molecule has 2 aromatic rings. The molecule has 0 aromatic heterocycles. The third-order valence-electron chi connectivity index (χ3n) is 14.1. The fourth-order valence-electron chi connectivity index (χ4n) is 10.3. The summed E-state index contributed by atoms with van der Waals surface area (Å²) in [7, 11) is 1.72. The van der Waals surface area contributed by atoms with Crippen LogP contribution in [-0.4, -0.2) is 102 Å². The predicted molar refractivity (Wildman–Crippen MR) is 245 cm³/mol. The second-order valence-corrected chi connectivity index (χ2v) is 18.2. The topological polar surface area (TPSA) is 176 Å². The predicted octanol–water partition coefficient (Wildman–Crippen LogP) is 6.04. The van der Waals surface area contributed by atoms with Crippen molar-refractivity contribution in [2.45, 2.75) is 159 Å². The van der Waals surface area contributed by atoms with Crippen molar-refractivity contribution in [1.82, 2.24) is 25.8 Å². The maximum atomic E-state index is 15.3. The summed E-state index contributed by atoms with van der Waals surface area (Å²) in [6.07, 6.45) is 14.8. The molecule has 1 unspecified atom stereocenters. The van der Waals surface area contributed by atoms with Gasteiger partial charge in [0, 0.05) is 18.0 Å². The molecule has 4 aliphatic rings. The third kappa shape index (κ3) is 11.9. The summed E-state index contributed by atoms with van der Waals surface area (Å²) in [6.45, 7) is 7.27. The van der Waals surface area contributed by atoms with Crippen LogP contribution in [0.3, 0.4) is 0 Å². The van der Waals surface area contributed by atoms with Crippen LogP contribution >= 0.6 is 0 Å². The van der Waals surface area contributed by atoms with E-state index >= 15 is 4.79 Å². The number of nitrogens with two attached hydrogens (primary N) is 1. The number of likely N-dealkylation sites (tertiary alicyclic amines) is 1. The van der Waals surface area contributed by atoms with E-state index in [1.54, 1.807) is 24.1 Å². The Morgan fingerprint density at radius 3 is 2.25 bits per heavy atom. The first-order valence-electron chi connectivity index (χ1n) is 23.9. The molecule has 343 valence electrons. The van der Waals surface area contributed by atoms with Gasteiger partial charge in [-0.2, -0.15) is 4.90 Å². The van der Waals surface area contributed by atoms with E-state index in [-0.39, 0.29) is 29.7 Å². The third-order valence-corrected chi connectivity index (χ3v) is 14.1. The van der Waals surface area contributed by atoms with E-state index in [1.165, 1.54) is 6.42 Å². The van der Waals surface area contributed by atoms with Crippen LogP contribution in [0.2, 0.25) is 0 Å². The minimum atomic E-state index is -1.08. The van der Waals surface area contributed by atoms with Crippen molar-refractivity contribution in [1.29, 1.82) is 0 Å². The van der Waals surface area contributed by atoms with Gasteiger partial charge >= 0.3 is 6.02 Å². The second-order valence-electron chi connectivity index (χ2n) is 18.2. The van der Waals surface area contributed by atoms with E-state index in [0.29, 0.717) is 88.5 Å². The maximum absolute atomic E-state index is 15.3. The lowest BCUT2D eigenvalue weighted by molar-refractivity contribution is -0.143. The molecule has 0 spiro atoms. The summed E-state index contributed by atoms with van der Waals surface area (Å²) in [6, 6.07) is 13.4. The summed E-state index contributed by atoms with van der Waals surface area (Å²) in [5, 5.41) is 9.22. The molecule has 13 heteroatoms. The number of nitrogens with zero attached hydrogens (tertiary/aromatic N) is 3. The Hall–Kier alpha value is -4.62. The Morgan fingerprint density at radius 2 is 1.57 bits per heavy atom. The molecule has 1 saturated heterocycles. The lowest BCUT2D eigenvalue weighted by Crippen LogP contribution is -2.59.